The number of anilines is 2. The normalized spacial score (nSPS) is 11.7. The molecule has 1 atom stereocenters. The first kappa shape index (κ1) is 24.3. The molecule has 0 bridgehead atoms. The van der Waals surface area contributed by atoms with Gasteiger partial charge in [0.05, 0.1) is 26.5 Å². The number of hydrogen-bond donors (Lipinski definition) is 2. The third kappa shape index (κ3) is 5.46. The Kier molecular flexibility index (Phi) is 7.36. The zero-order valence-electron chi connectivity index (χ0n) is 20.3. The molecule has 4 aromatic rings. The molecule has 3 heterocycles. The summed E-state index contributed by atoms with van der Waals surface area (Å²) in [6, 6.07) is 12.7. The predicted molar refractivity (Wildman–Crippen MR) is 137 cm³/mol. The summed E-state index contributed by atoms with van der Waals surface area (Å²) in [7, 11) is 3.21. The van der Waals surface area contributed by atoms with Gasteiger partial charge >= 0.3 is 0 Å². The van der Waals surface area contributed by atoms with Crippen molar-refractivity contribution in [1.29, 1.82) is 0 Å². The fourth-order valence-electron chi connectivity index (χ4n) is 3.81. The molecule has 0 aliphatic heterocycles. The maximum atomic E-state index is 12.8. The summed E-state index contributed by atoms with van der Waals surface area (Å²) < 4.78 is 16.3. The van der Waals surface area contributed by atoms with Crippen molar-refractivity contribution >= 4 is 28.2 Å². The van der Waals surface area contributed by atoms with E-state index >= 15 is 0 Å². The highest BCUT2D eigenvalue weighted by molar-refractivity contribution is 7.16. The number of nitrogens with zero attached hydrogens (tertiary/aromatic N) is 2. The van der Waals surface area contributed by atoms with Crippen LogP contribution in [0.25, 0.3) is 0 Å². The Morgan fingerprint density at radius 2 is 1.80 bits per heavy atom. The second-order valence-corrected chi connectivity index (χ2v) is 9.08. The summed E-state index contributed by atoms with van der Waals surface area (Å²) in [6.45, 7) is 5.94. The molecule has 35 heavy (non-hydrogen) atoms. The van der Waals surface area contributed by atoms with Gasteiger partial charge in [-0.1, -0.05) is 13.0 Å². The van der Waals surface area contributed by atoms with E-state index in [9.17, 15) is 4.79 Å². The molecule has 3 aromatic heterocycles. The smallest absolute Gasteiger partial charge is 0.291 e. The Hall–Kier alpha value is -3.85. The van der Waals surface area contributed by atoms with Crippen molar-refractivity contribution in [3.8, 4) is 11.5 Å². The van der Waals surface area contributed by atoms with Gasteiger partial charge in [-0.2, -0.15) is 0 Å². The highest BCUT2D eigenvalue weighted by Crippen LogP contribution is 2.40. The molecule has 1 aromatic carbocycles. The van der Waals surface area contributed by atoms with Crippen LogP contribution < -0.4 is 20.1 Å². The number of carbonyl (C=O) groups is 1. The molecule has 1 amide bonds. The lowest BCUT2D eigenvalue weighted by atomic mass is 9.99. The van der Waals surface area contributed by atoms with Gasteiger partial charge < -0.3 is 24.5 Å². The maximum absolute atomic E-state index is 12.8. The summed E-state index contributed by atoms with van der Waals surface area (Å²) in [5, 5.41) is 7.23. The Balaban J connectivity index is 1.81. The van der Waals surface area contributed by atoms with E-state index in [0.29, 0.717) is 17.4 Å². The summed E-state index contributed by atoms with van der Waals surface area (Å²) in [5.74, 6) is 1.66. The molecule has 0 saturated carbocycles. The largest absolute Gasteiger partial charge is 0.493 e. The predicted octanol–water partition coefficient (Wildman–Crippen LogP) is 5.78. The number of aryl methyl sites for hydroxylation is 3. The second kappa shape index (κ2) is 10.6. The van der Waals surface area contributed by atoms with Crippen LogP contribution in [0.3, 0.4) is 0 Å². The molecule has 8 nitrogen and oxygen atoms in total. The molecular weight excluding hydrogens is 464 g/mol. The molecule has 0 aliphatic rings. The van der Waals surface area contributed by atoms with E-state index in [0.717, 1.165) is 38.8 Å². The van der Waals surface area contributed by atoms with Gasteiger partial charge in [0.1, 0.15) is 5.00 Å². The van der Waals surface area contributed by atoms with Crippen molar-refractivity contribution in [3.05, 3.63) is 81.9 Å². The van der Waals surface area contributed by atoms with Crippen LogP contribution in [-0.2, 0) is 6.42 Å². The lowest BCUT2D eigenvalue weighted by molar-refractivity contribution is 0.0997. The van der Waals surface area contributed by atoms with Gasteiger partial charge in [0.25, 0.3) is 5.91 Å². The van der Waals surface area contributed by atoms with Gasteiger partial charge in [-0.15, -0.1) is 11.3 Å². The first-order chi connectivity index (χ1) is 16.9. The highest BCUT2D eigenvalue weighted by atomic mass is 32.1. The number of furan rings is 1. The molecule has 0 saturated heterocycles. The third-order valence-electron chi connectivity index (χ3n) is 5.44. The Morgan fingerprint density at radius 1 is 1.06 bits per heavy atom. The monoisotopic (exact) mass is 492 g/mol. The average molecular weight is 493 g/mol. The Bertz CT molecular complexity index is 1300. The number of rotatable bonds is 9. The number of aromatic nitrogens is 2. The number of benzene rings is 1. The number of hydrogen-bond acceptors (Lipinski definition) is 8. The fraction of sp³-hybridized carbons (Fsp3) is 0.269. The molecule has 0 radical (unpaired) electrons. The quantitative estimate of drug-likeness (QED) is 0.305. The van der Waals surface area contributed by atoms with Gasteiger partial charge in [-0.25, -0.2) is 9.97 Å². The van der Waals surface area contributed by atoms with E-state index in [4.69, 9.17) is 13.9 Å². The summed E-state index contributed by atoms with van der Waals surface area (Å²) in [5.41, 5.74) is 3.51. The van der Waals surface area contributed by atoms with Crippen LogP contribution in [0.5, 0.6) is 11.5 Å². The number of ether oxygens (including phenoxy) is 2. The number of carbonyl (C=O) groups excluding carboxylic acids is 1. The average Bonchev–Trinajstić information content (AvgIpc) is 3.52. The third-order valence-corrected chi connectivity index (χ3v) is 6.65. The van der Waals surface area contributed by atoms with E-state index in [1.807, 2.05) is 38.1 Å². The molecular formula is C26H28N4O4S. The topological polar surface area (TPSA) is 98.5 Å². The Morgan fingerprint density at radius 3 is 2.43 bits per heavy atom. The van der Waals surface area contributed by atoms with Gasteiger partial charge in [-0.3, -0.25) is 4.79 Å². The van der Waals surface area contributed by atoms with Crippen molar-refractivity contribution in [1.82, 2.24) is 9.97 Å². The minimum absolute atomic E-state index is 0.246. The van der Waals surface area contributed by atoms with Crippen LogP contribution in [0.4, 0.5) is 10.9 Å². The molecule has 4 rings (SSSR count). The zero-order valence-corrected chi connectivity index (χ0v) is 21.2. The van der Waals surface area contributed by atoms with E-state index in [2.05, 4.69) is 33.6 Å². The SMILES string of the molecule is CCc1cc([C@H](Nc2nc(C)cc(C)n2)c2ccc(OC)c(OC)c2)c(NC(=O)c2ccco2)s1. The summed E-state index contributed by atoms with van der Waals surface area (Å²) in [6.07, 6.45) is 2.31. The highest BCUT2D eigenvalue weighted by Gasteiger charge is 2.25. The van der Waals surface area contributed by atoms with Crippen LogP contribution in [0.15, 0.2) is 53.1 Å². The van der Waals surface area contributed by atoms with Gasteiger partial charge in [0, 0.05) is 21.8 Å². The van der Waals surface area contributed by atoms with E-state index in [-0.39, 0.29) is 17.7 Å². The summed E-state index contributed by atoms with van der Waals surface area (Å²) >= 11 is 1.53. The fourth-order valence-corrected chi connectivity index (χ4v) is 4.84. The standard InChI is InChI=1S/C26H28N4O4S/c1-6-18-14-19(25(35-18)30-24(31)21-8-7-11-34-21)23(29-26-27-15(2)12-16(3)28-26)17-9-10-20(32-4)22(13-17)33-5/h7-14,23H,6H2,1-5H3,(H,30,31)(H,27,28,29)/t23-/m1/s1. The number of nitrogens with one attached hydrogen (secondary N) is 2. The first-order valence-electron chi connectivity index (χ1n) is 11.2. The molecule has 0 aliphatic carbocycles. The molecule has 9 heteroatoms. The van der Waals surface area contributed by atoms with Crippen LogP contribution in [0.2, 0.25) is 0 Å². The van der Waals surface area contributed by atoms with Gasteiger partial charge in [-0.05, 0) is 62.2 Å². The molecule has 0 unspecified atom stereocenters. The van der Waals surface area contributed by atoms with Gasteiger partial charge in [0.2, 0.25) is 5.95 Å². The van der Waals surface area contributed by atoms with Crippen molar-refractivity contribution < 1.29 is 18.7 Å². The van der Waals surface area contributed by atoms with Crippen LogP contribution in [-0.4, -0.2) is 30.1 Å². The van der Waals surface area contributed by atoms with Crippen molar-refractivity contribution in [2.45, 2.75) is 33.2 Å². The molecule has 182 valence electrons. The first-order valence-corrected chi connectivity index (χ1v) is 12.0. The summed E-state index contributed by atoms with van der Waals surface area (Å²) in [4.78, 5) is 23.1. The van der Waals surface area contributed by atoms with Crippen molar-refractivity contribution in [2.24, 2.45) is 0 Å². The minimum atomic E-state index is -0.376. The Labute approximate surface area is 208 Å². The van der Waals surface area contributed by atoms with Crippen LogP contribution in [0, 0.1) is 13.8 Å². The number of thiophene rings is 1. The van der Waals surface area contributed by atoms with Gasteiger partial charge in [0.15, 0.2) is 17.3 Å². The second-order valence-electron chi connectivity index (χ2n) is 7.95. The maximum Gasteiger partial charge on any atom is 0.291 e. The van der Waals surface area contributed by atoms with E-state index in [1.165, 1.54) is 17.6 Å². The van der Waals surface area contributed by atoms with Crippen LogP contribution in [0.1, 0.15) is 50.9 Å². The van der Waals surface area contributed by atoms with E-state index < -0.39 is 0 Å². The number of amides is 1. The molecule has 2 N–H and O–H groups in total. The van der Waals surface area contributed by atoms with Crippen molar-refractivity contribution in [2.75, 3.05) is 24.9 Å². The lowest BCUT2D eigenvalue weighted by Crippen LogP contribution is -2.18. The van der Waals surface area contributed by atoms with Crippen LogP contribution >= 0.6 is 11.3 Å². The lowest BCUT2D eigenvalue weighted by Gasteiger charge is -2.22. The molecule has 0 spiro atoms. The minimum Gasteiger partial charge on any atom is -0.493 e. The zero-order chi connectivity index (χ0) is 24.9. The number of methoxy groups -OCH3 is 2. The molecule has 0 fully saturated rings. The van der Waals surface area contributed by atoms with Crippen molar-refractivity contribution in [3.63, 3.8) is 0 Å². The van der Waals surface area contributed by atoms with E-state index in [1.54, 1.807) is 26.4 Å².